The Kier molecular flexibility index (Phi) is 5.54. The summed E-state index contributed by atoms with van der Waals surface area (Å²) in [5, 5.41) is 1.46. The summed E-state index contributed by atoms with van der Waals surface area (Å²) in [7, 11) is -1.60. The molecule has 0 fully saturated rings. The second-order valence-corrected chi connectivity index (χ2v) is 11.5. The zero-order valence-corrected chi connectivity index (χ0v) is 14.2. The van der Waals surface area contributed by atoms with Crippen molar-refractivity contribution in [3.05, 3.63) is 30.3 Å². The van der Waals surface area contributed by atoms with Gasteiger partial charge in [0.25, 0.3) is 0 Å². The highest BCUT2D eigenvalue weighted by Crippen LogP contribution is 2.34. The summed E-state index contributed by atoms with van der Waals surface area (Å²) >= 11 is 0. The van der Waals surface area contributed by atoms with Gasteiger partial charge < -0.3 is 0 Å². The smallest absolute Gasteiger partial charge is 0.135 e. The number of Topliss-reactive ketones (excluding diaryl/α,β-unsaturated/α-hetero) is 1. The summed E-state index contributed by atoms with van der Waals surface area (Å²) in [5.41, 5.74) is 0.518. The van der Waals surface area contributed by atoms with Gasteiger partial charge in [0.1, 0.15) is 5.78 Å². The second-order valence-electron chi connectivity index (χ2n) is 6.76. The van der Waals surface area contributed by atoms with Crippen LogP contribution in [-0.2, 0) is 4.79 Å². The van der Waals surface area contributed by atoms with Crippen molar-refractivity contribution in [3.8, 4) is 0 Å². The fourth-order valence-corrected chi connectivity index (χ4v) is 6.72. The number of hydrogen-bond donors (Lipinski definition) is 0. The molecule has 1 unspecified atom stereocenters. The summed E-state index contributed by atoms with van der Waals surface area (Å²) in [5.74, 6) is 1.13. The first-order valence-corrected chi connectivity index (χ1v) is 10.4. The van der Waals surface area contributed by atoms with Crippen molar-refractivity contribution in [2.75, 3.05) is 0 Å². The Morgan fingerprint density at radius 1 is 1.05 bits per heavy atom. The predicted molar refractivity (Wildman–Crippen MR) is 86.6 cm³/mol. The third-order valence-electron chi connectivity index (χ3n) is 4.31. The molecule has 2 heteroatoms. The minimum atomic E-state index is -1.60. The molecule has 0 saturated carbocycles. The summed E-state index contributed by atoms with van der Waals surface area (Å²) < 4.78 is 0. The topological polar surface area (TPSA) is 17.1 Å². The third kappa shape index (κ3) is 4.03. The molecule has 0 saturated heterocycles. The van der Waals surface area contributed by atoms with E-state index in [9.17, 15) is 4.79 Å². The first kappa shape index (κ1) is 16.2. The lowest BCUT2D eigenvalue weighted by molar-refractivity contribution is -0.122. The predicted octanol–water partition coefficient (Wildman–Crippen LogP) is 4.24. The molecule has 0 radical (unpaired) electrons. The van der Waals surface area contributed by atoms with Crippen LogP contribution in [0.2, 0.25) is 18.6 Å². The van der Waals surface area contributed by atoms with Gasteiger partial charge in [-0.05, 0) is 11.5 Å². The van der Waals surface area contributed by atoms with Crippen molar-refractivity contribution in [1.29, 1.82) is 0 Å². The van der Waals surface area contributed by atoms with Gasteiger partial charge in [0.2, 0.25) is 0 Å². The zero-order chi connectivity index (χ0) is 14.6. The quantitative estimate of drug-likeness (QED) is 0.710. The van der Waals surface area contributed by atoms with Crippen LogP contribution in [0.3, 0.4) is 0 Å². The summed E-state index contributed by atoms with van der Waals surface area (Å²) in [6.07, 6.45) is 0.740. The van der Waals surface area contributed by atoms with Gasteiger partial charge in [-0.1, -0.05) is 76.3 Å². The summed E-state index contributed by atoms with van der Waals surface area (Å²) in [6.45, 7) is 13.3. The number of carbonyl (C=O) groups is 1. The van der Waals surface area contributed by atoms with Gasteiger partial charge >= 0.3 is 0 Å². The van der Waals surface area contributed by atoms with Crippen LogP contribution in [0, 0.1) is 11.8 Å². The minimum Gasteiger partial charge on any atom is -0.299 e. The van der Waals surface area contributed by atoms with E-state index >= 15 is 0 Å². The molecule has 0 aromatic heterocycles. The van der Waals surface area contributed by atoms with Crippen LogP contribution in [0.25, 0.3) is 0 Å². The molecule has 19 heavy (non-hydrogen) atoms. The molecule has 1 rings (SSSR count). The van der Waals surface area contributed by atoms with Crippen LogP contribution >= 0.6 is 0 Å². The van der Waals surface area contributed by atoms with Crippen molar-refractivity contribution in [1.82, 2.24) is 0 Å². The first-order chi connectivity index (χ1) is 8.76. The maximum Gasteiger partial charge on any atom is 0.135 e. The van der Waals surface area contributed by atoms with Crippen molar-refractivity contribution in [2.45, 2.75) is 52.8 Å². The van der Waals surface area contributed by atoms with Gasteiger partial charge in [0, 0.05) is 12.3 Å². The summed E-state index contributed by atoms with van der Waals surface area (Å²) in [4.78, 5) is 12.2. The van der Waals surface area contributed by atoms with E-state index in [2.05, 4.69) is 57.3 Å². The standard InChI is InChI=1S/C17H28OSi/c1-13(2)16(18)12-17(14(3)4)19(5,6)15-10-8-7-9-11-15/h7-11,13-14,17H,12H2,1-6H3. The van der Waals surface area contributed by atoms with Gasteiger partial charge in [-0.25, -0.2) is 0 Å². The first-order valence-electron chi connectivity index (χ1n) is 7.35. The van der Waals surface area contributed by atoms with Crippen molar-refractivity contribution >= 4 is 19.0 Å². The highest BCUT2D eigenvalue weighted by Gasteiger charge is 2.36. The van der Waals surface area contributed by atoms with Crippen molar-refractivity contribution in [3.63, 3.8) is 0 Å². The third-order valence-corrected chi connectivity index (χ3v) is 8.86. The molecule has 0 spiro atoms. The molecule has 0 aliphatic carbocycles. The maximum absolute atomic E-state index is 12.2. The molecule has 106 valence electrons. The average molecular weight is 276 g/mol. The Morgan fingerprint density at radius 2 is 1.58 bits per heavy atom. The van der Waals surface area contributed by atoms with Crippen LogP contribution in [-0.4, -0.2) is 13.9 Å². The van der Waals surface area contributed by atoms with E-state index in [1.165, 1.54) is 5.19 Å². The maximum atomic E-state index is 12.2. The van der Waals surface area contributed by atoms with E-state index < -0.39 is 8.07 Å². The molecular formula is C17H28OSi. The highest BCUT2D eigenvalue weighted by molar-refractivity contribution is 6.91. The number of carbonyl (C=O) groups excluding carboxylic acids is 1. The lowest BCUT2D eigenvalue weighted by Gasteiger charge is -2.36. The SMILES string of the molecule is CC(C)C(=O)CC(C(C)C)[Si](C)(C)c1ccccc1. The zero-order valence-electron chi connectivity index (χ0n) is 13.2. The second kappa shape index (κ2) is 6.51. The number of hydrogen-bond acceptors (Lipinski definition) is 1. The molecule has 0 amide bonds. The minimum absolute atomic E-state index is 0.154. The van der Waals surface area contributed by atoms with Gasteiger partial charge in [0.05, 0.1) is 8.07 Å². The van der Waals surface area contributed by atoms with Gasteiger partial charge in [-0.2, -0.15) is 0 Å². The van der Waals surface area contributed by atoms with Gasteiger partial charge in [-0.15, -0.1) is 0 Å². The molecule has 0 heterocycles. The van der Waals surface area contributed by atoms with E-state index in [-0.39, 0.29) is 5.92 Å². The molecule has 1 aromatic rings. The Morgan fingerprint density at radius 3 is 2.00 bits per heavy atom. The Balaban J connectivity index is 3.01. The fraction of sp³-hybridized carbons (Fsp3) is 0.588. The monoisotopic (exact) mass is 276 g/mol. The van der Waals surface area contributed by atoms with E-state index in [0.29, 0.717) is 17.2 Å². The molecule has 0 bridgehead atoms. The van der Waals surface area contributed by atoms with Crippen LogP contribution in [0.1, 0.15) is 34.1 Å². The lowest BCUT2D eigenvalue weighted by atomic mass is 9.99. The van der Waals surface area contributed by atoms with Crippen LogP contribution in [0.5, 0.6) is 0 Å². The van der Waals surface area contributed by atoms with E-state index in [1.807, 2.05) is 13.8 Å². The molecule has 0 aliphatic rings. The Labute approximate surface area is 119 Å². The average Bonchev–Trinajstić information content (AvgIpc) is 2.35. The number of ketones is 1. The van der Waals surface area contributed by atoms with Crippen LogP contribution in [0.15, 0.2) is 30.3 Å². The lowest BCUT2D eigenvalue weighted by Crippen LogP contribution is -2.48. The van der Waals surface area contributed by atoms with Crippen LogP contribution < -0.4 is 5.19 Å². The molecule has 1 atom stereocenters. The van der Waals surface area contributed by atoms with Crippen LogP contribution in [0.4, 0.5) is 0 Å². The molecule has 1 aromatic carbocycles. The number of benzene rings is 1. The van der Waals surface area contributed by atoms with E-state index in [0.717, 1.165) is 6.42 Å². The van der Waals surface area contributed by atoms with Crippen molar-refractivity contribution in [2.24, 2.45) is 11.8 Å². The van der Waals surface area contributed by atoms with Gasteiger partial charge in [-0.3, -0.25) is 4.79 Å². The Hall–Kier alpha value is -0.893. The molecule has 0 aliphatic heterocycles. The van der Waals surface area contributed by atoms with Crippen molar-refractivity contribution < 1.29 is 4.79 Å². The highest BCUT2D eigenvalue weighted by atomic mass is 28.3. The molecule has 0 N–H and O–H groups in total. The fourth-order valence-electron chi connectivity index (χ4n) is 2.86. The van der Waals surface area contributed by atoms with E-state index in [1.54, 1.807) is 0 Å². The Bertz CT molecular complexity index is 407. The summed E-state index contributed by atoms with van der Waals surface area (Å²) in [6, 6.07) is 10.8. The molecular weight excluding hydrogens is 248 g/mol. The molecule has 1 nitrogen and oxygen atoms in total. The number of rotatable bonds is 6. The largest absolute Gasteiger partial charge is 0.299 e. The van der Waals surface area contributed by atoms with E-state index in [4.69, 9.17) is 0 Å². The normalized spacial score (nSPS) is 13.9. The van der Waals surface area contributed by atoms with Gasteiger partial charge in [0.15, 0.2) is 0 Å².